The molecule has 0 radical (unpaired) electrons. The Morgan fingerprint density at radius 3 is 2.89 bits per heavy atom. The summed E-state index contributed by atoms with van der Waals surface area (Å²) in [6, 6.07) is 0.176. The van der Waals surface area contributed by atoms with Gasteiger partial charge in [0.25, 0.3) is 0 Å². The fraction of sp³-hybridized carbons (Fsp3) is 0.789. The lowest BCUT2D eigenvalue weighted by Crippen LogP contribution is -2.33. The molecule has 2 heterocycles. The van der Waals surface area contributed by atoms with Crippen LogP contribution in [-0.2, 0) is 27.3 Å². The quantitative estimate of drug-likeness (QED) is 0.379. The van der Waals surface area contributed by atoms with E-state index in [1.807, 2.05) is 11.5 Å². The molecule has 1 aromatic rings. The Morgan fingerprint density at radius 1 is 1.39 bits per heavy atom. The van der Waals surface area contributed by atoms with Gasteiger partial charge in [-0.3, -0.25) is 9.59 Å². The molecule has 0 bridgehead atoms. The lowest BCUT2D eigenvalue weighted by molar-refractivity contribution is -0.119. The van der Waals surface area contributed by atoms with E-state index < -0.39 is 0 Å². The minimum Gasteiger partial charge on any atom is -0.376 e. The summed E-state index contributed by atoms with van der Waals surface area (Å²) in [6.07, 6.45) is 7.32. The number of hydrogen-bond donors (Lipinski definition) is 2. The van der Waals surface area contributed by atoms with Gasteiger partial charge in [0, 0.05) is 25.5 Å². The van der Waals surface area contributed by atoms with Crippen LogP contribution in [0.4, 0.5) is 0 Å². The summed E-state index contributed by atoms with van der Waals surface area (Å²) in [7, 11) is 0. The number of nitrogens with two attached hydrogens (primary N) is 1. The molecule has 2 rings (SSSR count). The van der Waals surface area contributed by atoms with Crippen molar-refractivity contribution in [3.63, 3.8) is 0 Å². The summed E-state index contributed by atoms with van der Waals surface area (Å²) in [6.45, 7) is 5.62. The van der Waals surface area contributed by atoms with Gasteiger partial charge in [-0.05, 0) is 26.2 Å². The number of nitrogens with zero attached hydrogens (tertiary/aromatic N) is 3. The molecule has 1 aromatic heterocycles. The highest BCUT2D eigenvalue weighted by Crippen LogP contribution is 2.22. The minimum absolute atomic E-state index is 0.000601. The van der Waals surface area contributed by atoms with E-state index in [4.69, 9.17) is 10.5 Å². The largest absolute Gasteiger partial charge is 0.376 e. The molecule has 0 aromatic carbocycles. The highest BCUT2D eigenvalue weighted by Gasteiger charge is 2.22. The second-order valence-electron chi connectivity index (χ2n) is 7.36. The van der Waals surface area contributed by atoms with Crippen LogP contribution in [0.3, 0.4) is 0 Å². The van der Waals surface area contributed by atoms with Crippen LogP contribution in [-0.4, -0.2) is 51.1 Å². The van der Waals surface area contributed by atoms with Gasteiger partial charge >= 0.3 is 0 Å². The third-order valence-electron chi connectivity index (χ3n) is 4.78. The fourth-order valence-electron chi connectivity index (χ4n) is 3.24. The van der Waals surface area contributed by atoms with E-state index in [2.05, 4.69) is 22.4 Å². The van der Waals surface area contributed by atoms with Crippen molar-refractivity contribution in [3.05, 3.63) is 5.82 Å². The number of thioether (sulfide) groups is 1. The zero-order valence-corrected chi connectivity index (χ0v) is 17.8. The number of amides is 2. The van der Waals surface area contributed by atoms with Gasteiger partial charge in [-0.25, -0.2) is 0 Å². The summed E-state index contributed by atoms with van der Waals surface area (Å²) in [5.74, 6) is 0.638. The number of nitrogens with one attached hydrogen (secondary N) is 1. The lowest BCUT2D eigenvalue weighted by atomic mass is 10.1. The maximum absolute atomic E-state index is 12.3. The van der Waals surface area contributed by atoms with Crippen molar-refractivity contribution in [2.75, 3.05) is 12.4 Å². The summed E-state index contributed by atoms with van der Waals surface area (Å²) in [4.78, 5) is 23.4. The molecule has 3 N–H and O–H groups in total. The Labute approximate surface area is 171 Å². The van der Waals surface area contributed by atoms with Gasteiger partial charge in [0.15, 0.2) is 5.16 Å². The SMILES string of the molecule is CCCCC[C@H](C)NC(=O)CSc1nnc(CCC(N)=O)n1C[C@@H]1CCCO1. The second-order valence-corrected chi connectivity index (χ2v) is 8.31. The maximum atomic E-state index is 12.3. The molecule has 0 unspecified atom stereocenters. The topological polar surface area (TPSA) is 112 Å². The molecule has 1 aliphatic rings. The zero-order valence-electron chi connectivity index (χ0n) is 17.0. The molecule has 1 fully saturated rings. The number of unbranched alkanes of at least 4 members (excludes halogenated alkanes) is 2. The van der Waals surface area contributed by atoms with Gasteiger partial charge in [-0.1, -0.05) is 37.9 Å². The van der Waals surface area contributed by atoms with E-state index in [-0.39, 0.29) is 36.1 Å². The molecule has 1 aliphatic heterocycles. The van der Waals surface area contributed by atoms with Crippen LogP contribution < -0.4 is 11.1 Å². The number of carbonyl (C=O) groups is 2. The van der Waals surface area contributed by atoms with Gasteiger partial charge in [0.1, 0.15) is 5.82 Å². The number of carbonyl (C=O) groups excluding carboxylic acids is 2. The van der Waals surface area contributed by atoms with Gasteiger partial charge in [0.2, 0.25) is 11.8 Å². The number of aromatic nitrogens is 3. The summed E-state index contributed by atoms with van der Waals surface area (Å²) < 4.78 is 7.70. The fourth-order valence-corrected chi connectivity index (χ4v) is 4.02. The maximum Gasteiger partial charge on any atom is 0.230 e. The normalized spacial score (nSPS) is 17.6. The van der Waals surface area contributed by atoms with Crippen LogP contribution in [0, 0.1) is 0 Å². The average Bonchev–Trinajstić information content (AvgIpc) is 3.29. The molecule has 158 valence electrons. The van der Waals surface area contributed by atoms with Crippen molar-refractivity contribution < 1.29 is 14.3 Å². The molecule has 0 spiro atoms. The lowest BCUT2D eigenvalue weighted by Gasteiger charge is -2.15. The van der Waals surface area contributed by atoms with E-state index in [9.17, 15) is 9.59 Å². The molecule has 1 saturated heterocycles. The van der Waals surface area contributed by atoms with Gasteiger partial charge in [-0.2, -0.15) is 0 Å². The van der Waals surface area contributed by atoms with E-state index >= 15 is 0 Å². The first-order chi connectivity index (χ1) is 13.5. The van der Waals surface area contributed by atoms with Crippen molar-refractivity contribution in [3.8, 4) is 0 Å². The number of aryl methyl sites for hydroxylation is 1. The molecule has 0 saturated carbocycles. The summed E-state index contributed by atoms with van der Waals surface area (Å²) in [5.41, 5.74) is 5.27. The molecular weight excluding hydrogens is 378 g/mol. The highest BCUT2D eigenvalue weighted by atomic mass is 32.2. The van der Waals surface area contributed by atoms with Crippen LogP contribution in [0.5, 0.6) is 0 Å². The first-order valence-electron chi connectivity index (χ1n) is 10.2. The van der Waals surface area contributed by atoms with E-state index in [0.29, 0.717) is 23.9 Å². The standard InChI is InChI=1S/C19H33N5O3S/c1-3-4-5-7-14(2)21-18(26)13-28-19-23-22-17(10-9-16(20)25)24(19)12-15-8-6-11-27-15/h14-15H,3-13H2,1-2H3,(H2,20,25)(H,21,26)/t14-,15-/m0/s1. The van der Waals surface area contributed by atoms with E-state index in [0.717, 1.165) is 32.3 Å². The predicted molar refractivity (Wildman–Crippen MR) is 109 cm³/mol. The van der Waals surface area contributed by atoms with Crippen LogP contribution >= 0.6 is 11.8 Å². The Morgan fingerprint density at radius 2 is 2.21 bits per heavy atom. The first kappa shape index (κ1) is 22.7. The molecule has 28 heavy (non-hydrogen) atoms. The molecule has 2 atom stereocenters. The Bertz CT molecular complexity index is 631. The number of rotatable bonds is 13. The second kappa shape index (κ2) is 12.1. The molecule has 9 heteroatoms. The molecule has 8 nitrogen and oxygen atoms in total. The Balaban J connectivity index is 1.91. The van der Waals surface area contributed by atoms with Crippen LogP contribution in [0.1, 0.15) is 64.6 Å². The predicted octanol–water partition coefficient (Wildman–Crippen LogP) is 2.05. The number of ether oxygens (including phenoxy) is 1. The van der Waals surface area contributed by atoms with Gasteiger partial charge < -0.3 is 20.4 Å². The van der Waals surface area contributed by atoms with Crippen molar-refractivity contribution in [1.29, 1.82) is 0 Å². The van der Waals surface area contributed by atoms with E-state index in [1.165, 1.54) is 24.6 Å². The summed E-state index contributed by atoms with van der Waals surface area (Å²) in [5, 5.41) is 12.2. The van der Waals surface area contributed by atoms with Crippen molar-refractivity contribution >= 4 is 23.6 Å². The highest BCUT2D eigenvalue weighted by molar-refractivity contribution is 7.99. The van der Waals surface area contributed by atoms with Crippen molar-refractivity contribution in [2.24, 2.45) is 5.73 Å². The molecule has 2 amide bonds. The average molecular weight is 412 g/mol. The molecule has 0 aliphatic carbocycles. The first-order valence-corrected chi connectivity index (χ1v) is 11.2. The molecular formula is C19H33N5O3S. The third kappa shape index (κ3) is 7.79. The Hall–Kier alpha value is -1.61. The number of hydrogen-bond acceptors (Lipinski definition) is 6. The number of primary amides is 1. The van der Waals surface area contributed by atoms with Crippen LogP contribution in [0.2, 0.25) is 0 Å². The van der Waals surface area contributed by atoms with Gasteiger partial charge in [0.05, 0.1) is 18.4 Å². The van der Waals surface area contributed by atoms with E-state index in [1.54, 1.807) is 0 Å². The monoisotopic (exact) mass is 411 g/mol. The van der Waals surface area contributed by atoms with Crippen LogP contribution in [0.15, 0.2) is 5.16 Å². The summed E-state index contributed by atoms with van der Waals surface area (Å²) >= 11 is 1.37. The van der Waals surface area contributed by atoms with Crippen molar-refractivity contribution in [2.45, 2.75) is 89.1 Å². The minimum atomic E-state index is -0.364. The van der Waals surface area contributed by atoms with Gasteiger partial charge in [-0.15, -0.1) is 10.2 Å². The van der Waals surface area contributed by atoms with Crippen LogP contribution in [0.25, 0.3) is 0 Å². The third-order valence-corrected chi connectivity index (χ3v) is 5.75. The van der Waals surface area contributed by atoms with Crippen molar-refractivity contribution in [1.82, 2.24) is 20.1 Å². The zero-order chi connectivity index (χ0) is 20.4. The Kier molecular flexibility index (Phi) is 9.77. The smallest absolute Gasteiger partial charge is 0.230 e.